The van der Waals surface area contributed by atoms with Gasteiger partial charge < -0.3 is 14.6 Å². The molecular formula is C56H41N3O. The summed E-state index contributed by atoms with van der Waals surface area (Å²) in [6, 6.07) is 77.6. The molecule has 0 amide bonds. The highest BCUT2D eigenvalue weighted by atomic mass is 16.3. The number of anilines is 3. The summed E-state index contributed by atoms with van der Waals surface area (Å²) in [4.78, 5) is 2.33. The van der Waals surface area contributed by atoms with E-state index in [1.54, 1.807) is 0 Å². The van der Waals surface area contributed by atoms with E-state index in [2.05, 4.69) is 240 Å². The van der Waals surface area contributed by atoms with Crippen molar-refractivity contribution in [3.05, 3.63) is 241 Å². The molecule has 2 atom stereocenters. The third-order valence-corrected chi connectivity index (χ3v) is 11.8. The maximum atomic E-state index is 6.77. The van der Waals surface area contributed by atoms with E-state index in [0.717, 1.165) is 67.0 Å². The minimum atomic E-state index is -0.180. The number of para-hydroxylation sites is 1. The van der Waals surface area contributed by atoms with Crippen molar-refractivity contribution in [3.63, 3.8) is 0 Å². The third kappa shape index (κ3) is 6.50. The minimum Gasteiger partial charge on any atom is -0.456 e. The van der Waals surface area contributed by atoms with E-state index in [4.69, 9.17) is 4.42 Å². The molecule has 60 heavy (non-hydrogen) atoms. The molecule has 11 rings (SSSR count). The molecule has 0 spiro atoms. The zero-order valence-corrected chi connectivity index (χ0v) is 32.9. The second kappa shape index (κ2) is 15.3. The van der Waals surface area contributed by atoms with Crippen LogP contribution in [0.4, 0.5) is 17.1 Å². The molecular weight excluding hydrogens is 731 g/mol. The lowest BCUT2D eigenvalue weighted by molar-refractivity contribution is 0.443. The first-order valence-corrected chi connectivity index (χ1v) is 20.6. The van der Waals surface area contributed by atoms with Gasteiger partial charge in [-0.25, -0.2) is 0 Å². The van der Waals surface area contributed by atoms with Gasteiger partial charge in [0.1, 0.15) is 17.3 Å². The Hall–Kier alpha value is -7.66. The predicted octanol–water partition coefficient (Wildman–Crippen LogP) is 14.5. The second-order valence-electron chi connectivity index (χ2n) is 15.4. The Balaban J connectivity index is 1.00. The number of benzene rings is 9. The van der Waals surface area contributed by atoms with Crippen molar-refractivity contribution in [1.82, 2.24) is 10.6 Å². The molecule has 0 fully saturated rings. The lowest BCUT2D eigenvalue weighted by Gasteiger charge is -2.34. The van der Waals surface area contributed by atoms with E-state index in [1.807, 2.05) is 0 Å². The van der Waals surface area contributed by atoms with Crippen LogP contribution in [0.15, 0.2) is 229 Å². The number of nitrogens with one attached hydrogen (secondary N) is 2. The Kier molecular flexibility index (Phi) is 9.03. The summed E-state index contributed by atoms with van der Waals surface area (Å²) in [7, 11) is 0. The van der Waals surface area contributed by atoms with Crippen molar-refractivity contribution in [1.29, 1.82) is 0 Å². The molecule has 286 valence electrons. The first-order chi connectivity index (χ1) is 29.7. The molecule has 10 aromatic rings. The van der Waals surface area contributed by atoms with E-state index in [1.165, 1.54) is 27.5 Å². The average molecular weight is 772 g/mol. The molecule has 2 N–H and O–H groups in total. The van der Waals surface area contributed by atoms with E-state index in [-0.39, 0.29) is 12.2 Å². The van der Waals surface area contributed by atoms with Crippen molar-refractivity contribution in [2.45, 2.75) is 12.2 Å². The van der Waals surface area contributed by atoms with Gasteiger partial charge in [0.05, 0.1) is 11.7 Å². The fourth-order valence-corrected chi connectivity index (χ4v) is 8.89. The molecule has 2 unspecified atom stereocenters. The Bertz CT molecular complexity index is 3150. The number of nitrogens with zero attached hydrogens (tertiary/aromatic N) is 1. The summed E-state index contributed by atoms with van der Waals surface area (Å²) in [5.74, 6) is 0. The van der Waals surface area contributed by atoms with Crippen molar-refractivity contribution >= 4 is 55.5 Å². The van der Waals surface area contributed by atoms with Gasteiger partial charge in [-0.2, -0.15) is 0 Å². The van der Waals surface area contributed by atoms with Gasteiger partial charge in [-0.3, -0.25) is 5.32 Å². The zero-order valence-electron chi connectivity index (χ0n) is 32.9. The maximum Gasteiger partial charge on any atom is 0.137 e. The third-order valence-electron chi connectivity index (χ3n) is 11.8. The van der Waals surface area contributed by atoms with Crippen LogP contribution >= 0.6 is 0 Å². The van der Waals surface area contributed by atoms with Crippen LogP contribution in [0.25, 0.3) is 60.7 Å². The predicted molar refractivity (Wildman–Crippen MR) is 249 cm³/mol. The van der Waals surface area contributed by atoms with Gasteiger partial charge in [-0.15, -0.1) is 0 Å². The fourth-order valence-electron chi connectivity index (χ4n) is 8.89. The topological polar surface area (TPSA) is 40.4 Å². The molecule has 0 bridgehead atoms. The van der Waals surface area contributed by atoms with Gasteiger partial charge in [-0.05, 0) is 86.8 Å². The summed E-state index contributed by atoms with van der Waals surface area (Å²) < 4.78 is 6.77. The molecule has 9 aromatic carbocycles. The van der Waals surface area contributed by atoms with Crippen LogP contribution in [0.2, 0.25) is 0 Å². The van der Waals surface area contributed by atoms with Crippen molar-refractivity contribution < 1.29 is 4.42 Å². The molecule has 4 nitrogen and oxygen atoms in total. The van der Waals surface area contributed by atoms with E-state index < -0.39 is 0 Å². The molecule has 4 heteroatoms. The number of hydrogen-bond acceptors (Lipinski definition) is 4. The van der Waals surface area contributed by atoms with Crippen LogP contribution in [-0.4, -0.2) is 0 Å². The molecule has 1 aliphatic heterocycles. The standard InChI is InChI=1S/C56H41N3O/c1-4-16-38(17-5-1)39-30-32-42(33-31-39)51-37-50(41-19-6-2-7-20-41)57-56(58-51)48-26-13-12-25-46(48)47-27-15-29-53-55(47)49-35-34-44(36-54(49)60-53)59(43-22-8-3-9-23-43)52-28-14-21-40-18-10-11-24-45(40)52/h1-37,50,56-58H. The van der Waals surface area contributed by atoms with Gasteiger partial charge >= 0.3 is 0 Å². The fraction of sp³-hybridized carbons (Fsp3) is 0.0357. The lowest BCUT2D eigenvalue weighted by Crippen LogP contribution is -2.39. The zero-order chi connectivity index (χ0) is 39.8. The van der Waals surface area contributed by atoms with Gasteiger partial charge in [0.25, 0.3) is 0 Å². The van der Waals surface area contributed by atoms with E-state index >= 15 is 0 Å². The molecule has 1 aromatic heterocycles. The largest absolute Gasteiger partial charge is 0.456 e. The average Bonchev–Trinajstić information content (AvgIpc) is 3.71. The molecule has 0 saturated heterocycles. The van der Waals surface area contributed by atoms with Crippen LogP contribution in [0, 0.1) is 0 Å². The highest BCUT2D eigenvalue weighted by molar-refractivity contribution is 6.13. The van der Waals surface area contributed by atoms with Crippen molar-refractivity contribution in [3.8, 4) is 22.3 Å². The van der Waals surface area contributed by atoms with Gasteiger partial charge in [0, 0.05) is 39.3 Å². The normalized spacial score (nSPS) is 15.2. The summed E-state index contributed by atoms with van der Waals surface area (Å²) in [6.45, 7) is 0. The van der Waals surface area contributed by atoms with Gasteiger partial charge in [0.15, 0.2) is 0 Å². The monoisotopic (exact) mass is 771 g/mol. The van der Waals surface area contributed by atoms with Crippen LogP contribution in [0.1, 0.15) is 28.9 Å². The van der Waals surface area contributed by atoms with Gasteiger partial charge in [0.2, 0.25) is 0 Å². The van der Waals surface area contributed by atoms with Crippen LogP contribution < -0.4 is 15.5 Å². The Labute approximate surface area is 349 Å². The lowest BCUT2D eigenvalue weighted by atomic mass is 9.92. The summed E-state index contributed by atoms with van der Waals surface area (Å²) in [5.41, 5.74) is 14.2. The second-order valence-corrected chi connectivity index (χ2v) is 15.4. The highest BCUT2D eigenvalue weighted by Gasteiger charge is 2.27. The summed E-state index contributed by atoms with van der Waals surface area (Å²) in [5, 5.41) is 12.4. The van der Waals surface area contributed by atoms with Crippen molar-refractivity contribution in [2.24, 2.45) is 0 Å². The molecule has 0 saturated carbocycles. The number of hydrogen-bond donors (Lipinski definition) is 2. The first kappa shape index (κ1) is 35.5. The van der Waals surface area contributed by atoms with Gasteiger partial charge in [-0.1, -0.05) is 176 Å². The minimum absolute atomic E-state index is 0.00688. The SMILES string of the molecule is C1=C(c2ccc(-c3ccccc3)cc2)NC(c2ccccc2-c2cccc3oc4cc(N(c5ccccc5)c5cccc6ccccc56)ccc4c23)NC1c1ccccc1. The molecule has 1 aliphatic rings. The molecule has 0 aliphatic carbocycles. The summed E-state index contributed by atoms with van der Waals surface area (Å²) in [6.07, 6.45) is 2.13. The molecule has 0 radical (unpaired) electrons. The van der Waals surface area contributed by atoms with Crippen LogP contribution in [-0.2, 0) is 0 Å². The smallest absolute Gasteiger partial charge is 0.137 e. The van der Waals surface area contributed by atoms with E-state index in [0.29, 0.717) is 0 Å². The van der Waals surface area contributed by atoms with E-state index in [9.17, 15) is 0 Å². The Morgan fingerprint density at radius 3 is 1.93 bits per heavy atom. The van der Waals surface area contributed by atoms with Crippen LogP contribution in [0.5, 0.6) is 0 Å². The Morgan fingerprint density at radius 1 is 0.450 bits per heavy atom. The maximum absolute atomic E-state index is 6.77. The van der Waals surface area contributed by atoms with Crippen molar-refractivity contribution in [2.75, 3.05) is 4.90 Å². The highest BCUT2D eigenvalue weighted by Crippen LogP contribution is 2.44. The molecule has 2 heterocycles. The number of fused-ring (bicyclic) bond motifs is 4. The number of furan rings is 1. The Morgan fingerprint density at radius 2 is 1.10 bits per heavy atom. The first-order valence-electron chi connectivity index (χ1n) is 20.6. The summed E-state index contributed by atoms with van der Waals surface area (Å²) >= 11 is 0. The number of rotatable bonds is 8. The van der Waals surface area contributed by atoms with Crippen LogP contribution in [0.3, 0.4) is 0 Å². The quantitative estimate of drug-likeness (QED) is 0.161.